The minimum atomic E-state index is -0.581. The Labute approximate surface area is 111 Å². The molecule has 1 aromatic carbocycles. The van der Waals surface area contributed by atoms with Gasteiger partial charge in [0, 0.05) is 17.1 Å². The van der Waals surface area contributed by atoms with E-state index in [2.05, 4.69) is 16.6 Å². The van der Waals surface area contributed by atoms with E-state index in [1.165, 1.54) is 7.11 Å². The Hall–Kier alpha value is -1.81. The van der Waals surface area contributed by atoms with Gasteiger partial charge in [0.05, 0.1) is 13.5 Å². The zero-order chi connectivity index (χ0) is 13.5. The molecule has 5 heteroatoms. The highest BCUT2D eigenvalue weighted by Crippen LogP contribution is 2.14. The summed E-state index contributed by atoms with van der Waals surface area (Å²) in [4.78, 5) is 22.6. The normalized spacial score (nSPS) is 9.67. The first kappa shape index (κ1) is 14.3. The van der Waals surface area contributed by atoms with E-state index in [1.54, 1.807) is 6.07 Å². The molecular weight excluding hydrogens is 254 g/mol. The second kappa shape index (κ2) is 6.81. The van der Waals surface area contributed by atoms with Crippen LogP contribution in [0.4, 0.5) is 0 Å². The number of carbonyl (C=O) groups excluding carboxylic acids is 2. The predicted molar refractivity (Wildman–Crippen MR) is 69.1 cm³/mol. The molecule has 18 heavy (non-hydrogen) atoms. The van der Waals surface area contributed by atoms with Gasteiger partial charge in [0.2, 0.25) is 5.91 Å². The third-order valence-electron chi connectivity index (χ3n) is 2.28. The van der Waals surface area contributed by atoms with Gasteiger partial charge in [-0.1, -0.05) is 36.4 Å². The maximum atomic E-state index is 11.5. The molecule has 1 rings (SSSR count). The number of esters is 1. The minimum absolute atomic E-state index is 0.0862. The summed E-state index contributed by atoms with van der Waals surface area (Å²) in [7, 11) is 1.25. The first-order valence-electron chi connectivity index (χ1n) is 5.30. The summed E-state index contributed by atoms with van der Waals surface area (Å²) in [5, 5.41) is 3.25. The van der Waals surface area contributed by atoms with Crippen molar-refractivity contribution >= 4 is 23.5 Å². The third kappa shape index (κ3) is 4.22. The number of benzene rings is 1. The fourth-order valence-electron chi connectivity index (χ4n) is 1.31. The molecule has 96 valence electrons. The number of rotatable bonds is 5. The molecule has 0 heterocycles. The Balaban J connectivity index is 2.45. The second-order valence-corrected chi connectivity index (χ2v) is 4.05. The minimum Gasteiger partial charge on any atom is -0.466 e. The second-order valence-electron chi connectivity index (χ2n) is 3.64. The zero-order valence-electron chi connectivity index (χ0n) is 10.0. The number of amides is 1. The lowest BCUT2D eigenvalue weighted by atomic mass is 10.2. The van der Waals surface area contributed by atoms with Gasteiger partial charge >= 0.3 is 5.97 Å². The summed E-state index contributed by atoms with van der Waals surface area (Å²) in [6.45, 7) is 3.79. The molecule has 0 unspecified atom stereocenters. The molecular formula is C13H14ClNO3. The molecule has 0 atom stereocenters. The SMILES string of the molecule is C=C(CC(=O)NCc1ccccc1Cl)C(=O)OC. The van der Waals surface area contributed by atoms with Crippen LogP contribution in [0.25, 0.3) is 0 Å². The summed E-state index contributed by atoms with van der Waals surface area (Å²) in [6, 6.07) is 7.21. The molecule has 0 saturated carbocycles. The maximum Gasteiger partial charge on any atom is 0.333 e. The van der Waals surface area contributed by atoms with E-state index >= 15 is 0 Å². The zero-order valence-corrected chi connectivity index (χ0v) is 10.8. The first-order chi connectivity index (χ1) is 8.54. The average Bonchev–Trinajstić information content (AvgIpc) is 2.36. The van der Waals surface area contributed by atoms with Crippen LogP contribution in [0.2, 0.25) is 5.02 Å². The van der Waals surface area contributed by atoms with Crippen molar-refractivity contribution in [1.29, 1.82) is 0 Å². The highest BCUT2D eigenvalue weighted by atomic mass is 35.5. The smallest absolute Gasteiger partial charge is 0.333 e. The fraction of sp³-hybridized carbons (Fsp3) is 0.231. The number of hydrogen-bond acceptors (Lipinski definition) is 3. The first-order valence-corrected chi connectivity index (χ1v) is 5.68. The van der Waals surface area contributed by atoms with Crippen molar-refractivity contribution in [3.8, 4) is 0 Å². The van der Waals surface area contributed by atoms with Crippen molar-refractivity contribution in [2.45, 2.75) is 13.0 Å². The van der Waals surface area contributed by atoms with Crippen LogP contribution in [0.1, 0.15) is 12.0 Å². The van der Waals surface area contributed by atoms with Gasteiger partial charge in [-0.25, -0.2) is 4.79 Å². The number of carbonyl (C=O) groups is 2. The van der Waals surface area contributed by atoms with Crippen molar-refractivity contribution in [1.82, 2.24) is 5.32 Å². The quantitative estimate of drug-likeness (QED) is 0.656. The maximum absolute atomic E-state index is 11.5. The topological polar surface area (TPSA) is 55.4 Å². The average molecular weight is 268 g/mol. The van der Waals surface area contributed by atoms with Crippen LogP contribution in [0.15, 0.2) is 36.4 Å². The summed E-state index contributed by atoms with van der Waals surface area (Å²) < 4.78 is 4.46. The summed E-state index contributed by atoms with van der Waals surface area (Å²) in [5.74, 6) is -0.881. The lowest BCUT2D eigenvalue weighted by Crippen LogP contribution is -2.24. The number of ether oxygens (including phenoxy) is 1. The van der Waals surface area contributed by atoms with Crippen LogP contribution >= 0.6 is 11.6 Å². The molecule has 1 N–H and O–H groups in total. The van der Waals surface area contributed by atoms with Crippen molar-refractivity contribution in [2.75, 3.05) is 7.11 Å². The highest BCUT2D eigenvalue weighted by molar-refractivity contribution is 6.31. The molecule has 0 aliphatic carbocycles. The van der Waals surface area contributed by atoms with Crippen LogP contribution in [-0.4, -0.2) is 19.0 Å². The van der Waals surface area contributed by atoms with E-state index in [-0.39, 0.29) is 17.9 Å². The van der Waals surface area contributed by atoms with E-state index in [9.17, 15) is 9.59 Å². The number of nitrogens with one attached hydrogen (secondary N) is 1. The van der Waals surface area contributed by atoms with Gasteiger partial charge in [0.25, 0.3) is 0 Å². The standard InChI is InChI=1S/C13H14ClNO3/c1-9(13(17)18-2)7-12(16)15-8-10-5-3-4-6-11(10)14/h3-6H,1,7-8H2,2H3,(H,15,16). The van der Waals surface area contributed by atoms with Crippen molar-refractivity contribution in [3.05, 3.63) is 47.0 Å². The van der Waals surface area contributed by atoms with Crippen LogP contribution in [-0.2, 0) is 20.9 Å². The number of methoxy groups -OCH3 is 1. The molecule has 0 spiro atoms. The van der Waals surface area contributed by atoms with E-state index in [0.717, 1.165) is 5.56 Å². The van der Waals surface area contributed by atoms with Crippen LogP contribution < -0.4 is 5.32 Å². The molecule has 0 fully saturated rings. The van der Waals surface area contributed by atoms with Gasteiger partial charge in [-0.3, -0.25) is 4.79 Å². The Morgan fingerprint density at radius 2 is 2.06 bits per heavy atom. The molecule has 0 aliphatic rings. The van der Waals surface area contributed by atoms with E-state index < -0.39 is 5.97 Å². The Morgan fingerprint density at radius 1 is 1.39 bits per heavy atom. The summed E-state index contributed by atoms with van der Waals surface area (Å²) in [5.41, 5.74) is 0.936. The molecule has 0 saturated heterocycles. The Morgan fingerprint density at radius 3 is 2.67 bits per heavy atom. The van der Waals surface area contributed by atoms with E-state index in [1.807, 2.05) is 18.2 Å². The van der Waals surface area contributed by atoms with Crippen molar-refractivity contribution < 1.29 is 14.3 Å². The molecule has 0 aromatic heterocycles. The van der Waals surface area contributed by atoms with Gasteiger partial charge < -0.3 is 10.1 Å². The Kier molecular flexibility index (Phi) is 5.39. The number of hydrogen-bond donors (Lipinski definition) is 1. The van der Waals surface area contributed by atoms with E-state index in [4.69, 9.17) is 11.6 Å². The predicted octanol–water partition coefficient (Wildman–Crippen LogP) is 2.08. The fourth-order valence-corrected chi connectivity index (χ4v) is 1.51. The lowest BCUT2D eigenvalue weighted by molar-refractivity contribution is -0.137. The highest BCUT2D eigenvalue weighted by Gasteiger charge is 2.11. The largest absolute Gasteiger partial charge is 0.466 e. The summed E-state index contributed by atoms with van der Waals surface area (Å²) >= 11 is 5.94. The van der Waals surface area contributed by atoms with E-state index in [0.29, 0.717) is 11.6 Å². The van der Waals surface area contributed by atoms with Crippen molar-refractivity contribution in [2.24, 2.45) is 0 Å². The molecule has 0 bridgehead atoms. The lowest BCUT2D eigenvalue weighted by Gasteiger charge is -2.07. The molecule has 1 amide bonds. The van der Waals surface area contributed by atoms with Crippen LogP contribution in [0.3, 0.4) is 0 Å². The molecule has 0 aliphatic heterocycles. The summed E-state index contributed by atoms with van der Waals surface area (Å²) in [6.07, 6.45) is -0.0862. The monoisotopic (exact) mass is 267 g/mol. The van der Waals surface area contributed by atoms with Gasteiger partial charge in [0.1, 0.15) is 0 Å². The van der Waals surface area contributed by atoms with Gasteiger partial charge in [-0.05, 0) is 11.6 Å². The number of halogens is 1. The van der Waals surface area contributed by atoms with Gasteiger partial charge in [0.15, 0.2) is 0 Å². The molecule has 0 radical (unpaired) electrons. The van der Waals surface area contributed by atoms with Crippen LogP contribution in [0, 0.1) is 0 Å². The van der Waals surface area contributed by atoms with Crippen LogP contribution in [0.5, 0.6) is 0 Å². The van der Waals surface area contributed by atoms with Crippen molar-refractivity contribution in [3.63, 3.8) is 0 Å². The van der Waals surface area contributed by atoms with Gasteiger partial charge in [-0.2, -0.15) is 0 Å². The molecule has 4 nitrogen and oxygen atoms in total. The van der Waals surface area contributed by atoms with Gasteiger partial charge in [-0.15, -0.1) is 0 Å². The Bertz CT molecular complexity index is 471. The molecule has 1 aromatic rings. The third-order valence-corrected chi connectivity index (χ3v) is 2.65.